The highest BCUT2D eigenvalue weighted by Gasteiger charge is 2.36. The van der Waals surface area contributed by atoms with Crippen LogP contribution >= 0.6 is 11.8 Å². The van der Waals surface area contributed by atoms with Crippen LogP contribution in [0.5, 0.6) is 5.75 Å². The number of hydrogen-bond donors (Lipinski definition) is 0. The fraction of sp³-hybridized carbons (Fsp3) is 0.350. The van der Waals surface area contributed by atoms with Gasteiger partial charge in [0.15, 0.2) is 0 Å². The predicted octanol–water partition coefficient (Wildman–Crippen LogP) is 3.79. The molecule has 4 nitrogen and oxygen atoms in total. The fourth-order valence-electron chi connectivity index (χ4n) is 3.36. The Labute approximate surface area is 157 Å². The predicted molar refractivity (Wildman–Crippen MR) is 103 cm³/mol. The molecule has 1 saturated heterocycles. The number of likely N-dealkylation sites (N-methyl/N-ethyl adjacent to an activating group) is 1. The zero-order chi connectivity index (χ0) is 18.7. The summed E-state index contributed by atoms with van der Waals surface area (Å²) < 4.78 is 19.5. The molecule has 1 fully saturated rings. The highest BCUT2D eigenvalue weighted by molar-refractivity contribution is 7.98. The number of methoxy groups -OCH3 is 1. The summed E-state index contributed by atoms with van der Waals surface area (Å²) in [4.78, 5) is 17.5. The number of thioether (sulfide) groups is 1. The van der Waals surface area contributed by atoms with Gasteiger partial charge in [0, 0.05) is 18.0 Å². The van der Waals surface area contributed by atoms with Crippen molar-refractivity contribution in [2.24, 2.45) is 0 Å². The third-order valence-corrected chi connectivity index (χ3v) is 5.51. The van der Waals surface area contributed by atoms with Gasteiger partial charge >= 0.3 is 0 Å². The molecule has 1 amide bonds. The largest absolute Gasteiger partial charge is 0.496 e. The van der Waals surface area contributed by atoms with Crippen LogP contribution in [0.25, 0.3) is 0 Å². The molecule has 0 radical (unpaired) electrons. The third-order valence-electron chi connectivity index (χ3n) is 4.73. The van der Waals surface area contributed by atoms with Gasteiger partial charge in [0.25, 0.3) is 0 Å². The number of benzene rings is 2. The Morgan fingerprint density at radius 1 is 1.31 bits per heavy atom. The number of para-hydroxylation sites is 1. The minimum absolute atomic E-state index is 0.0506. The van der Waals surface area contributed by atoms with Crippen LogP contribution in [0.3, 0.4) is 0 Å². The van der Waals surface area contributed by atoms with Gasteiger partial charge in [0.2, 0.25) is 5.91 Å². The second-order valence-corrected chi connectivity index (χ2v) is 7.20. The number of carbonyl (C=O) groups excluding carboxylic acids is 1. The first-order valence-corrected chi connectivity index (χ1v) is 9.74. The molecule has 0 N–H and O–H groups in total. The average Bonchev–Trinajstić information content (AvgIpc) is 3.03. The molecular formula is C20H23FN2O2S. The summed E-state index contributed by atoms with van der Waals surface area (Å²) in [6.45, 7) is 1.16. The Balaban J connectivity index is 1.72. The number of halogens is 1. The van der Waals surface area contributed by atoms with Gasteiger partial charge in [-0.3, -0.25) is 9.69 Å². The molecule has 0 aliphatic carbocycles. The number of rotatable bonds is 6. The first-order valence-electron chi connectivity index (χ1n) is 8.52. The smallest absolute Gasteiger partial charge is 0.244 e. The van der Waals surface area contributed by atoms with Crippen LogP contribution in [0.4, 0.5) is 10.1 Å². The normalized spacial score (nSPS) is 17.2. The van der Waals surface area contributed by atoms with Gasteiger partial charge in [-0.05, 0) is 49.6 Å². The number of carbonyl (C=O) groups is 1. The monoisotopic (exact) mass is 374 g/mol. The van der Waals surface area contributed by atoms with Crippen LogP contribution in [0.15, 0.2) is 47.4 Å². The summed E-state index contributed by atoms with van der Waals surface area (Å²) >= 11 is 1.64. The second-order valence-electron chi connectivity index (χ2n) is 6.35. The molecule has 2 aromatic rings. The van der Waals surface area contributed by atoms with Gasteiger partial charge < -0.3 is 9.64 Å². The molecule has 1 unspecified atom stereocenters. The second kappa shape index (κ2) is 8.10. The average molecular weight is 374 g/mol. The summed E-state index contributed by atoms with van der Waals surface area (Å²) in [5.41, 5.74) is 1.44. The Morgan fingerprint density at radius 3 is 2.77 bits per heavy atom. The summed E-state index contributed by atoms with van der Waals surface area (Å²) in [5.74, 6) is 0.431. The van der Waals surface area contributed by atoms with Crippen molar-refractivity contribution < 1.29 is 13.9 Å². The Morgan fingerprint density at radius 2 is 2.08 bits per heavy atom. The number of hydrogen-bond acceptors (Lipinski definition) is 4. The van der Waals surface area contributed by atoms with Gasteiger partial charge in [0.05, 0.1) is 18.8 Å². The van der Waals surface area contributed by atoms with Crippen LogP contribution in [-0.2, 0) is 11.3 Å². The maximum atomic E-state index is 14.0. The topological polar surface area (TPSA) is 32.8 Å². The molecular weight excluding hydrogens is 351 g/mol. The number of ether oxygens (including phenoxy) is 1. The van der Waals surface area contributed by atoms with E-state index in [2.05, 4.69) is 6.07 Å². The third kappa shape index (κ3) is 3.71. The van der Waals surface area contributed by atoms with Crippen molar-refractivity contribution in [1.29, 1.82) is 0 Å². The lowest BCUT2D eigenvalue weighted by Gasteiger charge is -2.24. The van der Waals surface area contributed by atoms with Crippen LogP contribution in [-0.4, -0.2) is 43.8 Å². The molecule has 0 saturated carbocycles. The van der Waals surface area contributed by atoms with Gasteiger partial charge in [-0.25, -0.2) is 4.39 Å². The van der Waals surface area contributed by atoms with Gasteiger partial charge in [-0.2, -0.15) is 0 Å². The molecule has 2 aromatic carbocycles. The Hall–Kier alpha value is -2.05. The zero-order valence-electron chi connectivity index (χ0n) is 15.2. The zero-order valence-corrected chi connectivity index (χ0v) is 16.1. The van der Waals surface area contributed by atoms with Crippen LogP contribution in [0, 0.1) is 5.82 Å². The van der Waals surface area contributed by atoms with E-state index in [9.17, 15) is 9.18 Å². The quantitative estimate of drug-likeness (QED) is 0.720. The molecule has 0 spiro atoms. The minimum Gasteiger partial charge on any atom is -0.496 e. The minimum atomic E-state index is -0.360. The van der Waals surface area contributed by atoms with E-state index in [1.807, 2.05) is 30.3 Å². The van der Waals surface area contributed by atoms with Crippen LogP contribution < -0.4 is 9.64 Å². The number of anilines is 1. The molecule has 138 valence electrons. The fourth-order valence-corrected chi connectivity index (χ4v) is 3.91. The first-order chi connectivity index (χ1) is 12.5. The van der Waals surface area contributed by atoms with Crippen molar-refractivity contribution in [2.75, 3.05) is 31.9 Å². The van der Waals surface area contributed by atoms with Gasteiger partial charge in [-0.15, -0.1) is 11.8 Å². The number of nitrogens with zero attached hydrogens (tertiary/aromatic N) is 2. The first kappa shape index (κ1) is 18.7. The van der Waals surface area contributed by atoms with Crippen LogP contribution in [0.2, 0.25) is 0 Å². The van der Waals surface area contributed by atoms with E-state index in [1.165, 1.54) is 6.07 Å². The SMILES string of the molecule is COc1cc(CN(C)C2CCN(c3ccccc3F)C2=O)ccc1SC. The lowest BCUT2D eigenvalue weighted by Crippen LogP contribution is -2.39. The highest BCUT2D eigenvalue weighted by Crippen LogP contribution is 2.30. The molecule has 1 atom stereocenters. The van der Waals surface area contributed by atoms with E-state index in [4.69, 9.17) is 4.74 Å². The van der Waals surface area contributed by atoms with Gasteiger partial charge in [-0.1, -0.05) is 18.2 Å². The van der Waals surface area contributed by atoms with Crippen LogP contribution in [0.1, 0.15) is 12.0 Å². The molecule has 1 aliphatic rings. The van der Waals surface area contributed by atoms with E-state index >= 15 is 0 Å². The van der Waals surface area contributed by atoms with E-state index in [0.717, 1.165) is 16.2 Å². The summed E-state index contributed by atoms with van der Waals surface area (Å²) in [7, 11) is 3.59. The standard InChI is InChI=1S/C20H23FN2O2S/c1-22(13-14-8-9-19(26-3)18(12-14)25-2)17-10-11-23(20(17)24)16-7-5-4-6-15(16)21/h4-9,12,17H,10-11,13H2,1-3H3. The van der Waals surface area contributed by atoms with Crippen molar-refractivity contribution in [3.63, 3.8) is 0 Å². The molecule has 0 aromatic heterocycles. The van der Waals surface area contributed by atoms with E-state index < -0.39 is 0 Å². The molecule has 0 bridgehead atoms. The van der Waals surface area contributed by atoms with Crippen molar-refractivity contribution in [3.8, 4) is 5.75 Å². The van der Waals surface area contributed by atoms with Crippen molar-refractivity contribution in [2.45, 2.75) is 23.9 Å². The Kier molecular flexibility index (Phi) is 5.84. The summed E-state index contributed by atoms with van der Waals surface area (Å²) in [6.07, 6.45) is 2.70. The van der Waals surface area contributed by atoms with Gasteiger partial charge in [0.1, 0.15) is 11.6 Å². The summed E-state index contributed by atoms with van der Waals surface area (Å²) in [5, 5.41) is 0. The van der Waals surface area contributed by atoms with Crippen molar-refractivity contribution in [1.82, 2.24) is 4.90 Å². The Bertz CT molecular complexity index is 799. The van der Waals surface area contributed by atoms with E-state index in [0.29, 0.717) is 25.2 Å². The molecule has 6 heteroatoms. The number of amides is 1. The van der Waals surface area contributed by atoms with Crippen molar-refractivity contribution in [3.05, 3.63) is 53.8 Å². The van der Waals surface area contributed by atoms with E-state index in [1.54, 1.807) is 42.0 Å². The lowest BCUT2D eigenvalue weighted by molar-refractivity contribution is -0.121. The lowest BCUT2D eigenvalue weighted by atomic mass is 10.1. The molecule has 1 heterocycles. The van der Waals surface area contributed by atoms with E-state index in [-0.39, 0.29) is 17.8 Å². The maximum Gasteiger partial charge on any atom is 0.244 e. The molecule has 26 heavy (non-hydrogen) atoms. The maximum absolute atomic E-state index is 14.0. The molecule has 1 aliphatic heterocycles. The van der Waals surface area contributed by atoms with Crippen molar-refractivity contribution >= 4 is 23.4 Å². The molecule has 3 rings (SSSR count). The summed E-state index contributed by atoms with van der Waals surface area (Å²) in [6, 6.07) is 12.3. The highest BCUT2D eigenvalue weighted by atomic mass is 32.2.